The summed E-state index contributed by atoms with van der Waals surface area (Å²) in [6, 6.07) is 11.2. The highest BCUT2D eigenvalue weighted by atomic mass is 35.5. The van der Waals surface area contributed by atoms with Gasteiger partial charge in [-0.1, -0.05) is 17.7 Å². The number of benzene rings is 2. The van der Waals surface area contributed by atoms with Crippen molar-refractivity contribution < 1.29 is 9.90 Å². The van der Waals surface area contributed by atoms with Crippen LogP contribution in [0.2, 0.25) is 5.02 Å². The second kappa shape index (κ2) is 5.64. The van der Waals surface area contributed by atoms with Crippen LogP contribution < -0.4 is 5.32 Å². The highest BCUT2D eigenvalue weighted by Gasteiger charge is 2.11. The van der Waals surface area contributed by atoms with E-state index < -0.39 is 5.91 Å². The standard InChI is InChI=1S/C15H11ClN2O2/c1-9-2-3-10(6-14(9)19)15(20)18-13-7-12(16)5-4-11(13)8-17/h2-7,19H,1H3,(H,18,20). The van der Waals surface area contributed by atoms with Crippen molar-refractivity contribution in [2.45, 2.75) is 6.92 Å². The number of halogens is 1. The lowest BCUT2D eigenvalue weighted by Crippen LogP contribution is -2.12. The van der Waals surface area contributed by atoms with E-state index in [1.807, 2.05) is 6.07 Å². The molecule has 0 spiro atoms. The largest absolute Gasteiger partial charge is 0.508 e. The number of aromatic hydroxyl groups is 1. The van der Waals surface area contributed by atoms with E-state index in [1.54, 1.807) is 25.1 Å². The quantitative estimate of drug-likeness (QED) is 0.887. The van der Waals surface area contributed by atoms with Gasteiger partial charge in [0.25, 0.3) is 5.91 Å². The Labute approximate surface area is 121 Å². The van der Waals surface area contributed by atoms with Crippen molar-refractivity contribution in [1.29, 1.82) is 5.26 Å². The van der Waals surface area contributed by atoms with E-state index in [-0.39, 0.29) is 5.75 Å². The number of hydrogen-bond acceptors (Lipinski definition) is 3. The van der Waals surface area contributed by atoms with Gasteiger partial charge in [0.1, 0.15) is 11.8 Å². The maximum atomic E-state index is 12.1. The van der Waals surface area contributed by atoms with Crippen molar-refractivity contribution in [2.75, 3.05) is 5.32 Å². The summed E-state index contributed by atoms with van der Waals surface area (Å²) in [6.45, 7) is 1.74. The summed E-state index contributed by atoms with van der Waals surface area (Å²) < 4.78 is 0. The number of nitriles is 1. The first-order valence-corrected chi connectivity index (χ1v) is 6.19. The maximum absolute atomic E-state index is 12.1. The Morgan fingerprint density at radius 1 is 1.30 bits per heavy atom. The number of carbonyl (C=O) groups excluding carboxylic acids is 1. The van der Waals surface area contributed by atoms with Crippen molar-refractivity contribution in [2.24, 2.45) is 0 Å². The smallest absolute Gasteiger partial charge is 0.255 e. The van der Waals surface area contributed by atoms with Crippen LogP contribution in [-0.2, 0) is 0 Å². The van der Waals surface area contributed by atoms with Gasteiger partial charge in [0.2, 0.25) is 0 Å². The van der Waals surface area contributed by atoms with E-state index in [2.05, 4.69) is 5.32 Å². The maximum Gasteiger partial charge on any atom is 0.255 e. The minimum atomic E-state index is -0.418. The molecule has 0 bridgehead atoms. The number of amides is 1. The van der Waals surface area contributed by atoms with Crippen LogP contribution in [0.1, 0.15) is 21.5 Å². The van der Waals surface area contributed by atoms with Crippen LogP contribution in [-0.4, -0.2) is 11.0 Å². The Morgan fingerprint density at radius 2 is 2.05 bits per heavy atom. The first-order valence-electron chi connectivity index (χ1n) is 5.82. The minimum absolute atomic E-state index is 0.0456. The highest BCUT2D eigenvalue weighted by Crippen LogP contribution is 2.22. The Morgan fingerprint density at radius 3 is 2.70 bits per heavy atom. The summed E-state index contributed by atoms with van der Waals surface area (Å²) >= 11 is 5.85. The van der Waals surface area contributed by atoms with Gasteiger partial charge in [0.15, 0.2) is 0 Å². The molecule has 0 saturated heterocycles. The van der Waals surface area contributed by atoms with Crippen LogP contribution in [0.15, 0.2) is 36.4 Å². The van der Waals surface area contributed by atoms with Crippen LogP contribution in [0.5, 0.6) is 5.75 Å². The average Bonchev–Trinajstić information content (AvgIpc) is 2.42. The summed E-state index contributed by atoms with van der Waals surface area (Å²) in [7, 11) is 0. The van der Waals surface area contributed by atoms with Crippen molar-refractivity contribution >= 4 is 23.2 Å². The Balaban J connectivity index is 2.30. The number of rotatable bonds is 2. The van der Waals surface area contributed by atoms with Gasteiger partial charge in [-0.15, -0.1) is 0 Å². The van der Waals surface area contributed by atoms with Crippen molar-refractivity contribution in [3.63, 3.8) is 0 Å². The van der Waals surface area contributed by atoms with Gasteiger partial charge in [-0.2, -0.15) is 5.26 Å². The SMILES string of the molecule is Cc1ccc(C(=O)Nc2cc(Cl)ccc2C#N)cc1O. The number of nitrogens with zero attached hydrogens (tertiary/aromatic N) is 1. The normalized spacial score (nSPS) is 9.85. The summed E-state index contributed by atoms with van der Waals surface area (Å²) in [5.74, 6) is -0.372. The Hall–Kier alpha value is -2.51. The number of phenolic OH excluding ortho intramolecular Hbond substituents is 1. The molecule has 0 saturated carbocycles. The number of anilines is 1. The van der Waals surface area contributed by atoms with Gasteiger partial charge in [-0.25, -0.2) is 0 Å². The lowest BCUT2D eigenvalue weighted by atomic mass is 10.1. The third kappa shape index (κ3) is 2.90. The molecular formula is C15H11ClN2O2. The zero-order chi connectivity index (χ0) is 14.7. The monoisotopic (exact) mass is 286 g/mol. The molecule has 0 radical (unpaired) electrons. The molecule has 0 heterocycles. The minimum Gasteiger partial charge on any atom is -0.508 e. The van der Waals surface area contributed by atoms with E-state index in [0.717, 1.165) is 0 Å². The summed E-state index contributed by atoms with van der Waals surface area (Å²) in [5.41, 5.74) is 1.64. The topological polar surface area (TPSA) is 73.1 Å². The molecule has 0 atom stereocenters. The summed E-state index contributed by atoms with van der Waals surface area (Å²) in [4.78, 5) is 12.1. The van der Waals surface area contributed by atoms with Crippen LogP contribution in [0, 0.1) is 18.3 Å². The molecule has 2 aromatic carbocycles. The Bertz CT molecular complexity index is 720. The molecule has 0 aromatic heterocycles. The number of phenols is 1. The fraction of sp³-hybridized carbons (Fsp3) is 0.0667. The first kappa shape index (κ1) is 13.9. The lowest BCUT2D eigenvalue weighted by Gasteiger charge is -2.08. The number of aryl methyl sites for hydroxylation is 1. The highest BCUT2D eigenvalue weighted by molar-refractivity contribution is 6.31. The van der Waals surface area contributed by atoms with E-state index in [1.165, 1.54) is 18.2 Å². The van der Waals surface area contributed by atoms with Gasteiger partial charge in [0, 0.05) is 10.6 Å². The van der Waals surface area contributed by atoms with Crippen LogP contribution in [0.3, 0.4) is 0 Å². The van der Waals surface area contributed by atoms with E-state index in [0.29, 0.717) is 27.4 Å². The second-order valence-corrected chi connectivity index (χ2v) is 4.69. The van der Waals surface area contributed by atoms with E-state index in [9.17, 15) is 9.90 Å². The molecule has 2 N–H and O–H groups in total. The predicted molar refractivity (Wildman–Crippen MR) is 77.0 cm³/mol. The Kier molecular flexibility index (Phi) is 3.92. The third-order valence-corrected chi connectivity index (χ3v) is 3.06. The molecule has 4 nitrogen and oxygen atoms in total. The molecule has 0 fully saturated rings. The zero-order valence-corrected chi connectivity index (χ0v) is 11.4. The third-order valence-electron chi connectivity index (χ3n) is 2.82. The molecule has 100 valence electrons. The van der Waals surface area contributed by atoms with Gasteiger partial charge in [0.05, 0.1) is 11.3 Å². The predicted octanol–water partition coefficient (Wildman–Crippen LogP) is 3.48. The molecule has 5 heteroatoms. The molecule has 0 aliphatic rings. The molecule has 2 rings (SSSR count). The molecule has 0 unspecified atom stereocenters. The molecule has 0 aliphatic carbocycles. The van der Waals surface area contributed by atoms with Gasteiger partial charge in [-0.3, -0.25) is 4.79 Å². The van der Waals surface area contributed by atoms with Crippen molar-refractivity contribution in [3.8, 4) is 11.8 Å². The van der Waals surface area contributed by atoms with Gasteiger partial charge in [-0.05, 0) is 42.8 Å². The van der Waals surface area contributed by atoms with Crippen molar-refractivity contribution in [1.82, 2.24) is 0 Å². The number of hydrogen-bond donors (Lipinski definition) is 2. The summed E-state index contributed by atoms with van der Waals surface area (Å²) in [5, 5.41) is 21.6. The first-order chi connectivity index (χ1) is 9.51. The fourth-order valence-corrected chi connectivity index (χ4v) is 1.83. The number of carbonyl (C=O) groups is 1. The van der Waals surface area contributed by atoms with E-state index in [4.69, 9.17) is 16.9 Å². The molecule has 20 heavy (non-hydrogen) atoms. The average molecular weight is 287 g/mol. The molecule has 0 aliphatic heterocycles. The fourth-order valence-electron chi connectivity index (χ4n) is 1.66. The van der Waals surface area contributed by atoms with Gasteiger partial charge < -0.3 is 10.4 Å². The lowest BCUT2D eigenvalue weighted by molar-refractivity contribution is 0.102. The van der Waals surface area contributed by atoms with E-state index >= 15 is 0 Å². The molecule has 1 amide bonds. The van der Waals surface area contributed by atoms with Crippen LogP contribution in [0.25, 0.3) is 0 Å². The molecule has 2 aromatic rings. The van der Waals surface area contributed by atoms with Gasteiger partial charge >= 0.3 is 0 Å². The van der Waals surface area contributed by atoms with Crippen molar-refractivity contribution in [3.05, 3.63) is 58.1 Å². The number of nitrogens with one attached hydrogen (secondary N) is 1. The van der Waals surface area contributed by atoms with Crippen LogP contribution >= 0.6 is 11.6 Å². The van der Waals surface area contributed by atoms with Crippen LogP contribution in [0.4, 0.5) is 5.69 Å². The second-order valence-electron chi connectivity index (χ2n) is 4.26. The zero-order valence-electron chi connectivity index (χ0n) is 10.6. The summed E-state index contributed by atoms with van der Waals surface area (Å²) in [6.07, 6.45) is 0. The molecular weight excluding hydrogens is 276 g/mol.